The van der Waals surface area contributed by atoms with Crippen molar-refractivity contribution in [3.05, 3.63) is 45.1 Å². The summed E-state index contributed by atoms with van der Waals surface area (Å²) in [4.78, 5) is 0. The summed E-state index contributed by atoms with van der Waals surface area (Å²) >= 11 is 7.05. The fraction of sp³-hybridized carbons (Fsp3) is 0.250. The molecule has 0 atom stereocenters. The lowest BCUT2D eigenvalue weighted by Gasteiger charge is -2.09. The van der Waals surface area contributed by atoms with Gasteiger partial charge in [-0.1, -0.05) is 6.07 Å². The second kappa shape index (κ2) is 5.69. The van der Waals surface area contributed by atoms with E-state index >= 15 is 0 Å². The van der Waals surface area contributed by atoms with Crippen molar-refractivity contribution in [1.29, 1.82) is 0 Å². The fourth-order valence-electron chi connectivity index (χ4n) is 1.53. The molecule has 5 heteroatoms. The molecule has 2 aromatic rings. The molecule has 1 aromatic carbocycles. The van der Waals surface area contributed by atoms with Crippen LogP contribution in [0.25, 0.3) is 0 Å². The van der Waals surface area contributed by atoms with Crippen molar-refractivity contribution in [2.45, 2.75) is 20.0 Å². The van der Waals surface area contributed by atoms with Crippen LogP contribution in [0.15, 0.2) is 39.5 Å². The standard InChI is InChI=1S/C12H13Br2N3/c1-2-17-8-9(7-16-17)6-15-12-10(13)4-3-5-11(12)14/h3-5,7-8,15H,2,6H2,1H3. The third-order valence-electron chi connectivity index (χ3n) is 2.44. The highest BCUT2D eigenvalue weighted by Crippen LogP contribution is 2.30. The summed E-state index contributed by atoms with van der Waals surface area (Å²) < 4.78 is 4.02. The molecule has 0 saturated carbocycles. The molecule has 3 nitrogen and oxygen atoms in total. The molecule has 0 spiro atoms. The minimum Gasteiger partial charge on any atom is -0.379 e. The molecule has 0 saturated heterocycles. The monoisotopic (exact) mass is 357 g/mol. The molecule has 17 heavy (non-hydrogen) atoms. The maximum absolute atomic E-state index is 4.25. The molecule has 0 aliphatic heterocycles. The lowest BCUT2D eigenvalue weighted by atomic mass is 10.3. The first-order valence-corrected chi connectivity index (χ1v) is 6.98. The average Bonchev–Trinajstić information content (AvgIpc) is 2.76. The summed E-state index contributed by atoms with van der Waals surface area (Å²) in [6.45, 7) is 3.74. The molecule has 0 fully saturated rings. The molecule has 1 heterocycles. The van der Waals surface area contributed by atoms with Gasteiger partial charge in [-0.2, -0.15) is 5.10 Å². The lowest BCUT2D eigenvalue weighted by Crippen LogP contribution is -2.00. The van der Waals surface area contributed by atoms with E-state index in [9.17, 15) is 0 Å². The Labute approximate surface area is 117 Å². The zero-order chi connectivity index (χ0) is 12.3. The van der Waals surface area contributed by atoms with Gasteiger partial charge in [0.25, 0.3) is 0 Å². The van der Waals surface area contributed by atoms with Crippen LogP contribution in [0.4, 0.5) is 5.69 Å². The number of nitrogens with zero attached hydrogens (tertiary/aromatic N) is 2. The maximum atomic E-state index is 4.25. The zero-order valence-electron chi connectivity index (χ0n) is 9.45. The van der Waals surface area contributed by atoms with Gasteiger partial charge in [0, 0.05) is 33.8 Å². The Morgan fingerprint density at radius 2 is 2.00 bits per heavy atom. The molecule has 0 amide bonds. The van der Waals surface area contributed by atoms with Crippen molar-refractivity contribution >= 4 is 37.5 Å². The molecule has 0 aliphatic carbocycles. The fourth-order valence-corrected chi connectivity index (χ4v) is 2.81. The van der Waals surface area contributed by atoms with Crippen LogP contribution in [0.3, 0.4) is 0 Å². The van der Waals surface area contributed by atoms with E-state index in [1.807, 2.05) is 29.1 Å². The quantitative estimate of drug-likeness (QED) is 0.893. The molecule has 90 valence electrons. The van der Waals surface area contributed by atoms with E-state index in [1.165, 1.54) is 5.56 Å². The van der Waals surface area contributed by atoms with Crippen LogP contribution in [0.2, 0.25) is 0 Å². The largest absolute Gasteiger partial charge is 0.379 e. The van der Waals surface area contributed by atoms with Crippen LogP contribution in [0.5, 0.6) is 0 Å². The molecule has 0 aliphatic rings. The lowest BCUT2D eigenvalue weighted by molar-refractivity contribution is 0.659. The number of rotatable bonds is 4. The zero-order valence-corrected chi connectivity index (χ0v) is 12.6. The first kappa shape index (κ1) is 12.6. The summed E-state index contributed by atoms with van der Waals surface area (Å²) in [6, 6.07) is 6.03. The Balaban J connectivity index is 2.07. The van der Waals surface area contributed by atoms with Gasteiger partial charge >= 0.3 is 0 Å². The van der Waals surface area contributed by atoms with E-state index < -0.39 is 0 Å². The smallest absolute Gasteiger partial charge is 0.0631 e. The van der Waals surface area contributed by atoms with Gasteiger partial charge in [0.1, 0.15) is 0 Å². The molecule has 0 unspecified atom stereocenters. The highest BCUT2D eigenvalue weighted by atomic mass is 79.9. The van der Waals surface area contributed by atoms with Crippen LogP contribution in [-0.4, -0.2) is 9.78 Å². The van der Waals surface area contributed by atoms with E-state index in [4.69, 9.17) is 0 Å². The van der Waals surface area contributed by atoms with Gasteiger partial charge in [-0.15, -0.1) is 0 Å². The number of hydrogen-bond acceptors (Lipinski definition) is 2. The summed E-state index contributed by atoms with van der Waals surface area (Å²) in [5, 5.41) is 7.63. The molecule has 1 aromatic heterocycles. The van der Waals surface area contributed by atoms with E-state index in [0.717, 1.165) is 27.7 Å². The van der Waals surface area contributed by atoms with E-state index in [-0.39, 0.29) is 0 Å². The Morgan fingerprint density at radius 3 is 2.59 bits per heavy atom. The van der Waals surface area contributed by atoms with Gasteiger partial charge in [-0.05, 0) is 50.9 Å². The van der Waals surface area contributed by atoms with Gasteiger partial charge in [0.15, 0.2) is 0 Å². The number of anilines is 1. The SMILES string of the molecule is CCn1cc(CNc2c(Br)cccc2Br)cn1. The van der Waals surface area contributed by atoms with Gasteiger partial charge < -0.3 is 5.32 Å². The van der Waals surface area contributed by atoms with Gasteiger partial charge in [-0.3, -0.25) is 4.68 Å². The first-order valence-electron chi connectivity index (χ1n) is 5.40. The molecule has 0 bridgehead atoms. The molecule has 0 radical (unpaired) electrons. The number of aromatic nitrogens is 2. The predicted molar refractivity (Wildman–Crippen MR) is 77.1 cm³/mol. The van der Waals surface area contributed by atoms with E-state index in [0.29, 0.717) is 0 Å². The van der Waals surface area contributed by atoms with Gasteiger partial charge in [0.2, 0.25) is 0 Å². The number of nitrogens with one attached hydrogen (secondary N) is 1. The van der Waals surface area contributed by atoms with Gasteiger partial charge in [0.05, 0.1) is 11.9 Å². The van der Waals surface area contributed by atoms with E-state index in [2.05, 4.69) is 55.4 Å². The van der Waals surface area contributed by atoms with Crippen molar-refractivity contribution in [2.24, 2.45) is 0 Å². The number of halogens is 2. The molecular formula is C12H13Br2N3. The van der Waals surface area contributed by atoms with Crippen molar-refractivity contribution in [3.63, 3.8) is 0 Å². The van der Waals surface area contributed by atoms with Crippen molar-refractivity contribution < 1.29 is 0 Å². The number of para-hydroxylation sites is 1. The average molecular weight is 359 g/mol. The summed E-state index contributed by atoms with van der Waals surface area (Å²) in [5.41, 5.74) is 2.24. The summed E-state index contributed by atoms with van der Waals surface area (Å²) in [5.74, 6) is 0. The van der Waals surface area contributed by atoms with Crippen LogP contribution < -0.4 is 5.32 Å². The highest BCUT2D eigenvalue weighted by Gasteiger charge is 2.04. The third kappa shape index (κ3) is 3.10. The first-order chi connectivity index (χ1) is 8.20. The number of aryl methyl sites for hydroxylation is 1. The minimum atomic E-state index is 0.765. The number of hydrogen-bond donors (Lipinski definition) is 1. The second-order valence-electron chi connectivity index (χ2n) is 3.65. The Hall–Kier alpha value is -0.810. The van der Waals surface area contributed by atoms with Crippen molar-refractivity contribution in [2.75, 3.05) is 5.32 Å². The van der Waals surface area contributed by atoms with Crippen LogP contribution >= 0.6 is 31.9 Å². The van der Waals surface area contributed by atoms with E-state index in [1.54, 1.807) is 0 Å². The summed E-state index contributed by atoms with van der Waals surface area (Å²) in [7, 11) is 0. The molecular weight excluding hydrogens is 346 g/mol. The predicted octanol–water partition coefficient (Wildman–Crippen LogP) is 4.04. The Bertz CT molecular complexity index is 488. The van der Waals surface area contributed by atoms with Crippen molar-refractivity contribution in [3.8, 4) is 0 Å². The van der Waals surface area contributed by atoms with Gasteiger partial charge in [-0.25, -0.2) is 0 Å². The Kier molecular flexibility index (Phi) is 4.23. The third-order valence-corrected chi connectivity index (χ3v) is 3.76. The van der Waals surface area contributed by atoms with Crippen LogP contribution in [0.1, 0.15) is 12.5 Å². The summed E-state index contributed by atoms with van der Waals surface area (Å²) in [6.07, 6.45) is 3.94. The molecule has 1 N–H and O–H groups in total. The maximum Gasteiger partial charge on any atom is 0.0631 e. The topological polar surface area (TPSA) is 29.9 Å². The normalized spacial score (nSPS) is 10.5. The minimum absolute atomic E-state index is 0.765. The van der Waals surface area contributed by atoms with Crippen molar-refractivity contribution in [1.82, 2.24) is 9.78 Å². The molecule has 2 rings (SSSR count). The second-order valence-corrected chi connectivity index (χ2v) is 5.36. The Morgan fingerprint density at radius 1 is 1.29 bits per heavy atom. The highest BCUT2D eigenvalue weighted by molar-refractivity contribution is 9.11. The van der Waals surface area contributed by atoms with Crippen LogP contribution in [0, 0.1) is 0 Å². The number of benzene rings is 1. The van der Waals surface area contributed by atoms with Crippen LogP contribution in [-0.2, 0) is 13.1 Å².